The Balaban J connectivity index is 1.37. The van der Waals surface area contributed by atoms with E-state index in [1.165, 1.54) is 0 Å². The molecule has 4 aromatic rings. The van der Waals surface area contributed by atoms with Gasteiger partial charge in [-0.3, -0.25) is 9.78 Å². The smallest absolute Gasteiger partial charge is 0.254 e. The molecule has 35 heavy (non-hydrogen) atoms. The van der Waals surface area contributed by atoms with Gasteiger partial charge in [-0.2, -0.15) is 0 Å². The summed E-state index contributed by atoms with van der Waals surface area (Å²) in [6.45, 7) is 4.04. The number of piperidine rings is 1. The van der Waals surface area contributed by atoms with Crippen molar-refractivity contribution in [2.75, 3.05) is 20.2 Å². The summed E-state index contributed by atoms with van der Waals surface area (Å²) in [4.78, 5) is 24.9. The number of methoxy groups -OCH3 is 1. The van der Waals surface area contributed by atoms with E-state index in [1.54, 1.807) is 13.3 Å². The first-order chi connectivity index (χ1) is 17.1. The number of para-hydroxylation sites is 1. The van der Waals surface area contributed by atoms with Gasteiger partial charge in [-0.1, -0.05) is 36.4 Å². The number of aryl methyl sites for hydroxylation is 1. The summed E-state index contributed by atoms with van der Waals surface area (Å²) < 4.78 is 7.61. The molecule has 6 nitrogen and oxygen atoms in total. The maximum Gasteiger partial charge on any atom is 0.254 e. The number of nitrogens with zero attached hydrogens (tertiary/aromatic N) is 4. The van der Waals surface area contributed by atoms with Gasteiger partial charge >= 0.3 is 0 Å². The van der Waals surface area contributed by atoms with Crippen LogP contribution < -0.4 is 4.74 Å². The lowest BCUT2D eigenvalue weighted by atomic mass is 9.93. The van der Waals surface area contributed by atoms with Crippen LogP contribution >= 0.6 is 0 Å². The summed E-state index contributed by atoms with van der Waals surface area (Å²) in [5.41, 5.74) is 4.66. The van der Waals surface area contributed by atoms with Gasteiger partial charge in [-0.05, 0) is 55.7 Å². The van der Waals surface area contributed by atoms with Gasteiger partial charge in [0.1, 0.15) is 11.6 Å². The van der Waals surface area contributed by atoms with Gasteiger partial charge in [0.2, 0.25) is 0 Å². The molecule has 178 valence electrons. The largest absolute Gasteiger partial charge is 0.496 e. The summed E-state index contributed by atoms with van der Waals surface area (Å²) >= 11 is 0. The lowest BCUT2D eigenvalue weighted by Crippen LogP contribution is -2.39. The molecule has 1 amide bonds. The average molecular weight is 467 g/mol. The Kier molecular flexibility index (Phi) is 6.62. The Bertz CT molecular complexity index is 1330. The van der Waals surface area contributed by atoms with E-state index in [0.717, 1.165) is 59.0 Å². The molecular formula is C29H30N4O2. The zero-order valence-electron chi connectivity index (χ0n) is 20.2. The minimum Gasteiger partial charge on any atom is -0.496 e. The van der Waals surface area contributed by atoms with E-state index in [-0.39, 0.29) is 11.8 Å². The van der Waals surface area contributed by atoms with E-state index in [0.29, 0.717) is 13.1 Å². The van der Waals surface area contributed by atoms with E-state index < -0.39 is 0 Å². The maximum atomic E-state index is 13.6. The van der Waals surface area contributed by atoms with Crippen LogP contribution in [-0.2, 0) is 6.54 Å². The summed E-state index contributed by atoms with van der Waals surface area (Å²) in [5.74, 6) is 2.03. The second kappa shape index (κ2) is 10.1. The number of rotatable bonds is 6. The molecule has 0 saturated carbocycles. The van der Waals surface area contributed by atoms with Crippen molar-refractivity contribution in [3.05, 3.63) is 102 Å². The second-order valence-corrected chi connectivity index (χ2v) is 9.00. The first kappa shape index (κ1) is 22.8. The molecule has 0 aliphatic carbocycles. The Hall–Kier alpha value is -3.93. The number of hydrogen-bond acceptors (Lipinski definition) is 4. The predicted octanol–water partition coefficient (Wildman–Crippen LogP) is 5.33. The molecule has 0 bridgehead atoms. The van der Waals surface area contributed by atoms with Crippen molar-refractivity contribution >= 4 is 5.91 Å². The molecule has 1 aliphatic rings. The number of aromatic nitrogens is 3. The van der Waals surface area contributed by atoms with Gasteiger partial charge < -0.3 is 14.2 Å². The average Bonchev–Trinajstić information content (AvgIpc) is 3.32. The normalized spacial score (nSPS) is 15.7. The molecule has 1 saturated heterocycles. The van der Waals surface area contributed by atoms with Crippen LogP contribution in [0.5, 0.6) is 5.75 Å². The van der Waals surface area contributed by atoms with Crippen LogP contribution in [0, 0.1) is 6.92 Å². The number of benzene rings is 2. The van der Waals surface area contributed by atoms with Crippen molar-refractivity contribution in [3.63, 3.8) is 0 Å². The van der Waals surface area contributed by atoms with Gasteiger partial charge in [0.25, 0.3) is 5.91 Å². The predicted molar refractivity (Wildman–Crippen MR) is 137 cm³/mol. The van der Waals surface area contributed by atoms with E-state index in [9.17, 15) is 4.79 Å². The molecule has 0 spiro atoms. The minimum absolute atomic E-state index is 0.0870. The minimum atomic E-state index is 0.0870. The number of likely N-dealkylation sites (tertiary alicyclic amines) is 1. The lowest BCUT2D eigenvalue weighted by Gasteiger charge is -2.33. The Morgan fingerprint density at radius 3 is 2.71 bits per heavy atom. The maximum absolute atomic E-state index is 13.6. The molecule has 1 aliphatic heterocycles. The van der Waals surface area contributed by atoms with Gasteiger partial charge in [0, 0.05) is 54.8 Å². The summed E-state index contributed by atoms with van der Waals surface area (Å²) in [6.07, 6.45) is 5.72. The molecule has 3 heterocycles. The second-order valence-electron chi connectivity index (χ2n) is 9.00. The van der Waals surface area contributed by atoms with Gasteiger partial charge in [0.05, 0.1) is 12.8 Å². The van der Waals surface area contributed by atoms with Gasteiger partial charge in [-0.15, -0.1) is 0 Å². The van der Waals surface area contributed by atoms with Crippen molar-refractivity contribution < 1.29 is 9.53 Å². The molecule has 1 atom stereocenters. The van der Waals surface area contributed by atoms with Gasteiger partial charge in [-0.25, -0.2) is 4.98 Å². The van der Waals surface area contributed by atoms with Crippen molar-refractivity contribution in [2.45, 2.75) is 32.2 Å². The fourth-order valence-electron chi connectivity index (χ4n) is 4.88. The van der Waals surface area contributed by atoms with E-state index in [4.69, 9.17) is 9.72 Å². The monoisotopic (exact) mass is 466 g/mol. The molecule has 2 aromatic heterocycles. The van der Waals surface area contributed by atoms with E-state index in [1.807, 2.05) is 78.7 Å². The zero-order chi connectivity index (χ0) is 24.2. The SMILES string of the molecule is COc1ccccc1-c1cccc([C@H]2CCCN(C(=O)c3ccccc3Cn3ccnc3C)C2)n1. The number of ether oxygens (including phenoxy) is 1. The van der Waals surface area contributed by atoms with E-state index in [2.05, 4.69) is 15.6 Å². The fourth-order valence-corrected chi connectivity index (χ4v) is 4.88. The molecule has 5 rings (SSSR count). The number of pyridine rings is 1. The van der Waals surface area contributed by atoms with Crippen molar-refractivity contribution in [3.8, 4) is 17.0 Å². The molecule has 0 unspecified atom stereocenters. The highest BCUT2D eigenvalue weighted by Gasteiger charge is 2.27. The van der Waals surface area contributed by atoms with Crippen molar-refractivity contribution in [1.29, 1.82) is 0 Å². The number of imidazole rings is 1. The Morgan fingerprint density at radius 1 is 1.06 bits per heavy atom. The molecule has 1 fully saturated rings. The topological polar surface area (TPSA) is 60.2 Å². The van der Waals surface area contributed by atoms with E-state index >= 15 is 0 Å². The lowest BCUT2D eigenvalue weighted by molar-refractivity contribution is 0.0704. The third-order valence-corrected chi connectivity index (χ3v) is 6.79. The standard InChI is InChI=1S/C29H30N4O2/c1-21-30-16-18-32(21)19-22-9-3-4-11-24(22)29(34)33-17-8-10-23(20-33)26-13-7-14-27(31-26)25-12-5-6-15-28(25)35-2/h3-7,9,11-16,18,23H,8,10,17,19-20H2,1-2H3/t23-/m0/s1. The van der Waals surface area contributed by atoms with Crippen LogP contribution in [0.15, 0.2) is 79.1 Å². The third kappa shape index (κ3) is 4.83. The number of carbonyl (C=O) groups excluding carboxylic acids is 1. The number of carbonyl (C=O) groups is 1. The van der Waals surface area contributed by atoms with Crippen LogP contribution in [0.25, 0.3) is 11.3 Å². The first-order valence-electron chi connectivity index (χ1n) is 12.1. The summed E-state index contributed by atoms with van der Waals surface area (Å²) in [6, 6.07) is 22.0. The van der Waals surface area contributed by atoms with Crippen LogP contribution in [0.1, 0.15) is 46.2 Å². The Morgan fingerprint density at radius 2 is 1.89 bits per heavy atom. The van der Waals surface area contributed by atoms with Crippen LogP contribution in [0.2, 0.25) is 0 Å². The summed E-state index contributed by atoms with van der Waals surface area (Å²) in [5, 5.41) is 0. The van der Waals surface area contributed by atoms with Crippen molar-refractivity contribution in [1.82, 2.24) is 19.4 Å². The highest BCUT2D eigenvalue weighted by Crippen LogP contribution is 2.32. The molecule has 2 aromatic carbocycles. The molecule has 0 N–H and O–H groups in total. The zero-order valence-corrected chi connectivity index (χ0v) is 20.2. The molecule has 0 radical (unpaired) electrons. The molecular weight excluding hydrogens is 436 g/mol. The van der Waals surface area contributed by atoms with Gasteiger partial charge in [0.15, 0.2) is 0 Å². The number of hydrogen-bond donors (Lipinski definition) is 0. The first-order valence-corrected chi connectivity index (χ1v) is 12.1. The molecule has 6 heteroatoms. The summed E-state index contributed by atoms with van der Waals surface area (Å²) in [7, 11) is 1.68. The van der Waals surface area contributed by atoms with Crippen LogP contribution in [-0.4, -0.2) is 45.5 Å². The highest BCUT2D eigenvalue weighted by molar-refractivity contribution is 5.95. The highest BCUT2D eigenvalue weighted by atomic mass is 16.5. The third-order valence-electron chi connectivity index (χ3n) is 6.79. The van der Waals surface area contributed by atoms with Crippen molar-refractivity contribution in [2.24, 2.45) is 0 Å². The van der Waals surface area contributed by atoms with Crippen LogP contribution in [0.3, 0.4) is 0 Å². The Labute approximate surface area is 206 Å². The quantitative estimate of drug-likeness (QED) is 0.385. The fraction of sp³-hybridized carbons (Fsp3) is 0.276. The number of amides is 1. The van der Waals surface area contributed by atoms with Crippen LogP contribution in [0.4, 0.5) is 0 Å².